The van der Waals surface area contributed by atoms with Crippen molar-refractivity contribution < 1.29 is 18.0 Å². The van der Waals surface area contributed by atoms with E-state index in [0.29, 0.717) is 10.7 Å². The Balaban J connectivity index is 2.57. The Morgan fingerprint density at radius 2 is 2.12 bits per heavy atom. The molecule has 0 amide bonds. The molecule has 0 aromatic carbocycles. The van der Waals surface area contributed by atoms with Crippen LogP contribution < -0.4 is 5.73 Å². The van der Waals surface area contributed by atoms with E-state index in [4.69, 9.17) is 17.3 Å². The van der Waals surface area contributed by atoms with Crippen molar-refractivity contribution in [3.63, 3.8) is 0 Å². The van der Waals surface area contributed by atoms with E-state index in [1.54, 1.807) is 0 Å². The molecular formula is C10H10ClF3N2O. The van der Waals surface area contributed by atoms with E-state index in [0.717, 1.165) is 0 Å². The monoisotopic (exact) mass is 266 g/mol. The lowest BCUT2D eigenvalue weighted by Gasteiger charge is -2.12. The van der Waals surface area contributed by atoms with Gasteiger partial charge in [-0.1, -0.05) is 11.6 Å². The Morgan fingerprint density at radius 3 is 2.59 bits per heavy atom. The zero-order valence-electron chi connectivity index (χ0n) is 8.67. The predicted molar refractivity (Wildman–Crippen MR) is 56.6 cm³/mol. The van der Waals surface area contributed by atoms with Crippen LogP contribution in [-0.4, -0.2) is 23.0 Å². The number of rotatable bonds is 4. The molecule has 3 nitrogen and oxygen atoms in total. The lowest BCUT2D eigenvalue weighted by Crippen LogP contribution is -2.36. The van der Waals surface area contributed by atoms with Gasteiger partial charge in [-0.15, -0.1) is 0 Å². The van der Waals surface area contributed by atoms with Crippen molar-refractivity contribution in [3.05, 3.63) is 29.0 Å². The van der Waals surface area contributed by atoms with Crippen LogP contribution in [0.2, 0.25) is 5.02 Å². The number of alkyl halides is 3. The van der Waals surface area contributed by atoms with Crippen LogP contribution in [0.25, 0.3) is 0 Å². The van der Waals surface area contributed by atoms with E-state index in [2.05, 4.69) is 4.98 Å². The van der Waals surface area contributed by atoms with Gasteiger partial charge in [0.15, 0.2) is 5.78 Å². The number of carbonyl (C=O) groups is 1. The highest BCUT2D eigenvalue weighted by Crippen LogP contribution is 2.21. The van der Waals surface area contributed by atoms with Crippen LogP contribution in [0.3, 0.4) is 0 Å². The third-order valence-electron chi connectivity index (χ3n) is 2.01. The molecule has 0 saturated heterocycles. The van der Waals surface area contributed by atoms with E-state index in [1.807, 2.05) is 0 Å². The summed E-state index contributed by atoms with van der Waals surface area (Å²) in [4.78, 5) is 15.2. The van der Waals surface area contributed by atoms with Gasteiger partial charge in [-0.3, -0.25) is 9.78 Å². The Hall–Kier alpha value is -1.14. The fourth-order valence-corrected chi connectivity index (χ4v) is 1.30. The first-order valence-electron chi connectivity index (χ1n) is 4.73. The number of pyridine rings is 1. The molecule has 0 fully saturated rings. The number of hydrogen-bond acceptors (Lipinski definition) is 3. The van der Waals surface area contributed by atoms with Gasteiger partial charge >= 0.3 is 6.18 Å². The number of halogens is 4. The molecule has 1 aromatic rings. The number of ketones is 1. The van der Waals surface area contributed by atoms with Crippen LogP contribution in [-0.2, 0) is 11.2 Å². The second-order valence-corrected chi connectivity index (χ2v) is 3.97. The summed E-state index contributed by atoms with van der Waals surface area (Å²) < 4.78 is 36.0. The van der Waals surface area contributed by atoms with E-state index in [9.17, 15) is 18.0 Å². The lowest BCUT2D eigenvalue weighted by molar-refractivity contribution is -0.146. The fraction of sp³-hybridized carbons (Fsp3) is 0.400. The maximum Gasteiger partial charge on any atom is 0.391 e. The number of nitrogens with zero attached hydrogens (tertiary/aromatic N) is 1. The van der Waals surface area contributed by atoms with Gasteiger partial charge in [-0.2, -0.15) is 13.2 Å². The maximum absolute atomic E-state index is 12.0. The Kier molecular flexibility index (Phi) is 4.47. The first kappa shape index (κ1) is 13.9. The van der Waals surface area contributed by atoms with Crippen molar-refractivity contribution in [1.82, 2.24) is 4.98 Å². The summed E-state index contributed by atoms with van der Waals surface area (Å²) >= 11 is 5.58. The summed E-state index contributed by atoms with van der Waals surface area (Å²) in [7, 11) is 0. The molecule has 2 N–H and O–H groups in total. The molecule has 7 heteroatoms. The smallest absolute Gasteiger partial charge is 0.321 e. The SMILES string of the molecule is NC(CC(F)(F)F)C(=O)Cc1ccc(Cl)cn1. The maximum atomic E-state index is 12.0. The molecule has 17 heavy (non-hydrogen) atoms. The van der Waals surface area contributed by atoms with E-state index in [1.165, 1.54) is 18.3 Å². The second kappa shape index (κ2) is 5.46. The number of carbonyl (C=O) groups excluding carboxylic acids is 1. The van der Waals surface area contributed by atoms with Crippen LogP contribution in [0.15, 0.2) is 18.3 Å². The minimum Gasteiger partial charge on any atom is -0.321 e. The largest absolute Gasteiger partial charge is 0.391 e. The van der Waals surface area contributed by atoms with Gasteiger partial charge in [-0.25, -0.2) is 0 Å². The molecule has 0 radical (unpaired) electrons. The molecule has 0 bridgehead atoms. The summed E-state index contributed by atoms with van der Waals surface area (Å²) in [5.74, 6) is -0.697. The number of nitrogens with two attached hydrogens (primary N) is 1. The lowest BCUT2D eigenvalue weighted by atomic mass is 10.1. The van der Waals surface area contributed by atoms with Crippen molar-refractivity contribution in [1.29, 1.82) is 0 Å². The molecule has 0 spiro atoms. The van der Waals surface area contributed by atoms with Gasteiger partial charge < -0.3 is 5.73 Å². The molecule has 94 valence electrons. The van der Waals surface area contributed by atoms with Crippen molar-refractivity contribution in [2.45, 2.75) is 25.1 Å². The highest BCUT2D eigenvalue weighted by Gasteiger charge is 2.33. The van der Waals surface area contributed by atoms with Gasteiger partial charge in [0.2, 0.25) is 0 Å². The van der Waals surface area contributed by atoms with Crippen LogP contribution in [0.1, 0.15) is 12.1 Å². The molecule has 1 unspecified atom stereocenters. The Morgan fingerprint density at radius 1 is 1.47 bits per heavy atom. The molecule has 0 saturated carbocycles. The average molecular weight is 267 g/mol. The number of Topliss-reactive ketones (excluding diaryl/α,β-unsaturated/α-hetero) is 1. The zero-order chi connectivity index (χ0) is 13.1. The van der Waals surface area contributed by atoms with Gasteiger partial charge in [-0.05, 0) is 12.1 Å². The zero-order valence-corrected chi connectivity index (χ0v) is 9.42. The van der Waals surface area contributed by atoms with Gasteiger partial charge in [0.25, 0.3) is 0 Å². The summed E-state index contributed by atoms with van der Waals surface area (Å²) in [5.41, 5.74) is 5.50. The van der Waals surface area contributed by atoms with Crippen molar-refractivity contribution in [2.75, 3.05) is 0 Å². The third-order valence-corrected chi connectivity index (χ3v) is 2.23. The molecule has 1 atom stereocenters. The number of aromatic nitrogens is 1. The summed E-state index contributed by atoms with van der Waals surface area (Å²) in [5, 5.41) is 0.390. The van der Waals surface area contributed by atoms with Crippen molar-refractivity contribution in [2.24, 2.45) is 5.73 Å². The van der Waals surface area contributed by atoms with Crippen molar-refractivity contribution >= 4 is 17.4 Å². The van der Waals surface area contributed by atoms with Crippen molar-refractivity contribution in [3.8, 4) is 0 Å². The second-order valence-electron chi connectivity index (χ2n) is 3.54. The van der Waals surface area contributed by atoms with Crippen LogP contribution in [0.5, 0.6) is 0 Å². The standard InChI is InChI=1S/C10H10ClF3N2O/c11-6-1-2-7(16-5-6)3-9(17)8(15)4-10(12,13)14/h1-2,5,8H,3-4,15H2. The number of hydrogen-bond donors (Lipinski definition) is 1. The Labute approximate surface area is 101 Å². The highest BCUT2D eigenvalue weighted by atomic mass is 35.5. The summed E-state index contributed by atoms with van der Waals surface area (Å²) in [6.45, 7) is 0. The van der Waals surface area contributed by atoms with Crippen LogP contribution >= 0.6 is 11.6 Å². The van der Waals surface area contributed by atoms with Gasteiger partial charge in [0, 0.05) is 11.9 Å². The molecular weight excluding hydrogens is 257 g/mol. The minimum atomic E-state index is -4.44. The topological polar surface area (TPSA) is 56.0 Å². The molecule has 0 aliphatic rings. The quantitative estimate of drug-likeness (QED) is 0.908. The van der Waals surface area contributed by atoms with E-state index < -0.39 is 24.4 Å². The fourth-order valence-electron chi connectivity index (χ4n) is 1.18. The molecule has 0 aliphatic heterocycles. The predicted octanol–water partition coefficient (Wildman–Crippen LogP) is 2.13. The average Bonchev–Trinajstić information content (AvgIpc) is 2.19. The summed E-state index contributed by atoms with van der Waals surface area (Å²) in [6, 6.07) is 1.43. The molecule has 1 aromatic heterocycles. The van der Waals surface area contributed by atoms with Crippen LogP contribution in [0, 0.1) is 0 Å². The Bertz CT molecular complexity index is 392. The van der Waals surface area contributed by atoms with Gasteiger partial charge in [0.05, 0.1) is 23.9 Å². The minimum absolute atomic E-state index is 0.228. The third kappa shape index (κ3) is 5.14. The highest BCUT2D eigenvalue weighted by molar-refractivity contribution is 6.30. The normalized spacial score (nSPS) is 13.5. The first-order chi connectivity index (χ1) is 7.78. The van der Waals surface area contributed by atoms with Crippen LogP contribution in [0.4, 0.5) is 13.2 Å². The molecule has 1 heterocycles. The molecule has 1 rings (SSSR count). The summed E-state index contributed by atoms with van der Waals surface area (Å²) in [6.07, 6.45) is -4.67. The van der Waals surface area contributed by atoms with E-state index in [-0.39, 0.29) is 6.42 Å². The van der Waals surface area contributed by atoms with Gasteiger partial charge in [0.1, 0.15) is 0 Å². The first-order valence-corrected chi connectivity index (χ1v) is 5.11. The van der Waals surface area contributed by atoms with E-state index >= 15 is 0 Å². The molecule has 0 aliphatic carbocycles.